The van der Waals surface area contributed by atoms with Crippen molar-refractivity contribution in [2.24, 2.45) is 0 Å². The van der Waals surface area contributed by atoms with E-state index >= 15 is 0 Å². The summed E-state index contributed by atoms with van der Waals surface area (Å²) >= 11 is 0. The molecular formula is C17H17N3O2. The van der Waals surface area contributed by atoms with Crippen LogP contribution in [-0.2, 0) is 6.54 Å². The molecule has 22 heavy (non-hydrogen) atoms. The Hall–Kier alpha value is -2.82. The molecule has 1 N–H and O–H groups in total. The van der Waals surface area contributed by atoms with Crippen LogP contribution in [0.15, 0.2) is 48.8 Å². The minimum absolute atomic E-state index is 0.146. The first-order valence-corrected chi connectivity index (χ1v) is 7.03. The number of amides is 1. The second-order valence-corrected chi connectivity index (χ2v) is 5.07. The molecule has 0 unspecified atom stereocenters. The van der Waals surface area contributed by atoms with Crippen molar-refractivity contribution in [3.8, 4) is 5.75 Å². The number of carbonyl (C=O) groups is 1. The number of imidazole rings is 1. The van der Waals surface area contributed by atoms with E-state index in [1.165, 1.54) is 0 Å². The summed E-state index contributed by atoms with van der Waals surface area (Å²) in [6.07, 6.45) is 3.87. The SMILES string of the molecule is COc1cccc(C(=O)NCc2cn3cccc(C)c3n2)c1. The molecule has 5 heteroatoms. The average Bonchev–Trinajstić information content (AvgIpc) is 2.97. The highest BCUT2D eigenvalue weighted by Gasteiger charge is 2.08. The fourth-order valence-electron chi connectivity index (χ4n) is 2.33. The molecule has 1 amide bonds. The van der Waals surface area contributed by atoms with E-state index < -0.39 is 0 Å². The predicted molar refractivity (Wildman–Crippen MR) is 84.1 cm³/mol. The Morgan fingerprint density at radius 1 is 1.32 bits per heavy atom. The van der Waals surface area contributed by atoms with Crippen LogP contribution in [0.25, 0.3) is 5.65 Å². The summed E-state index contributed by atoms with van der Waals surface area (Å²) in [6, 6.07) is 11.1. The smallest absolute Gasteiger partial charge is 0.251 e. The van der Waals surface area contributed by atoms with Crippen molar-refractivity contribution in [3.63, 3.8) is 0 Å². The van der Waals surface area contributed by atoms with E-state index in [4.69, 9.17) is 4.74 Å². The van der Waals surface area contributed by atoms with Gasteiger partial charge in [0, 0.05) is 18.0 Å². The molecule has 2 aromatic heterocycles. The maximum absolute atomic E-state index is 12.2. The zero-order chi connectivity index (χ0) is 15.5. The second-order valence-electron chi connectivity index (χ2n) is 5.07. The largest absolute Gasteiger partial charge is 0.497 e. The van der Waals surface area contributed by atoms with Crippen LogP contribution in [0.3, 0.4) is 0 Å². The molecule has 112 valence electrons. The molecule has 0 aliphatic heterocycles. The van der Waals surface area contributed by atoms with Gasteiger partial charge in [-0.2, -0.15) is 0 Å². The molecule has 0 aliphatic carbocycles. The third-order valence-electron chi connectivity index (χ3n) is 3.49. The number of fused-ring (bicyclic) bond motifs is 1. The van der Waals surface area contributed by atoms with Crippen LogP contribution in [0.1, 0.15) is 21.6 Å². The van der Waals surface area contributed by atoms with Gasteiger partial charge in [-0.25, -0.2) is 4.98 Å². The lowest BCUT2D eigenvalue weighted by Gasteiger charge is -2.05. The molecule has 0 spiro atoms. The van der Waals surface area contributed by atoms with Gasteiger partial charge in [-0.1, -0.05) is 12.1 Å². The van der Waals surface area contributed by atoms with E-state index in [9.17, 15) is 4.79 Å². The third kappa shape index (κ3) is 2.79. The van der Waals surface area contributed by atoms with Crippen molar-refractivity contribution < 1.29 is 9.53 Å². The number of hydrogen-bond acceptors (Lipinski definition) is 3. The van der Waals surface area contributed by atoms with E-state index in [-0.39, 0.29) is 5.91 Å². The van der Waals surface area contributed by atoms with Crippen LogP contribution >= 0.6 is 0 Å². The fraction of sp³-hybridized carbons (Fsp3) is 0.176. The number of carbonyl (C=O) groups excluding carboxylic acids is 1. The van der Waals surface area contributed by atoms with Gasteiger partial charge in [0.25, 0.3) is 5.91 Å². The molecule has 2 heterocycles. The van der Waals surface area contributed by atoms with E-state index in [2.05, 4.69) is 10.3 Å². The zero-order valence-electron chi connectivity index (χ0n) is 12.5. The van der Waals surface area contributed by atoms with Crippen molar-refractivity contribution in [1.82, 2.24) is 14.7 Å². The first-order valence-electron chi connectivity index (χ1n) is 7.03. The Balaban J connectivity index is 1.73. The Labute approximate surface area is 128 Å². The molecule has 0 aliphatic rings. The van der Waals surface area contributed by atoms with Crippen molar-refractivity contribution >= 4 is 11.6 Å². The number of nitrogens with one attached hydrogen (secondary N) is 1. The number of rotatable bonds is 4. The minimum atomic E-state index is -0.146. The van der Waals surface area contributed by atoms with E-state index in [1.54, 1.807) is 25.3 Å². The fourth-order valence-corrected chi connectivity index (χ4v) is 2.33. The topological polar surface area (TPSA) is 55.6 Å². The number of ether oxygens (including phenoxy) is 1. The molecule has 0 fully saturated rings. The first kappa shape index (κ1) is 14.1. The molecule has 0 bridgehead atoms. The predicted octanol–water partition coefficient (Wildman–Crippen LogP) is 2.58. The van der Waals surface area contributed by atoms with Gasteiger partial charge in [0.2, 0.25) is 0 Å². The summed E-state index contributed by atoms with van der Waals surface area (Å²) in [6.45, 7) is 2.40. The second kappa shape index (κ2) is 5.89. The van der Waals surface area contributed by atoms with Gasteiger partial charge < -0.3 is 14.5 Å². The normalized spacial score (nSPS) is 10.6. The number of aryl methyl sites for hydroxylation is 1. The van der Waals surface area contributed by atoms with Gasteiger partial charge in [0.05, 0.1) is 19.3 Å². The molecular weight excluding hydrogens is 278 g/mol. The van der Waals surface area contributed by atoms with Crippen LogP contribution in [0.2, 0.25) is 0 Å². The van der Waals surface area contributed by atoms with E-state index in [0.29, 0.717) is 17.9 Å². The molecule has 3 aromatic rings. The Morgan fingerprint density at radius 3 is 2.95 bits per heavy atom. The summed E-state index contributed by atoms with van der Waals surface area (Å²) in [4.78, 5) is 16.7. The number of nitrogens with zero attached hydrogens (tertiary/aromatic N) is 2. The summed E-state index contributed by atoms with van der Waals surface area (Å²) in [5, 5.41) is 2.88. The number of benzene rings is 1. The van der Waals surface area contributed by atoms with Crippen molar-refractivity contribution in [2.75, 3.05) is 7.11 Å². The summed E-state index contributed by atoms with van der Waals surface area (Å²) in [5.41, 5.74) is 3.41. The van der Waals surface area contributed by atoms with Gasteiger partial charge in [0.15, 0.2) is 0 Å². The Kier molecular flexibility index (Phi) is 3.78. The van der Waals surface area contributed by atoms with E-state index in [1.807, 2.05) is 41.9 Å². The van der Waals surface area contributed by atoms with Gasteiger partial charge in [-0.3, -0.25) is 4.79 Å². The van der Waals surface area contributed by atoms with Crippen molar-refractivity contribution in [3.05, 3.63) is 65.6 Å². The maximum Gasteiger partial charge on any atom is 0.251 e. The number of aromatic nitrogens is 2. The Bertz CT molecular complexity index is 824. The first-order chi connectivity index (χ1) is 10.7. The summed E-state index contributed by atoms with van der Waals surface area (Å²) in [5.74, 6) is 0.517. The van der Waals surface area contributed by atoms with Gasteiger partial charge >= 0.3 is 0 Å². The molecule has 0 saturated carbocycles. The number of methoxy groups -OCH3 is 1. The van der Waals surface area contributed by atoms with Crippen LogP contribution in [-0.4, -0.2) is 22.4 Å². The van der Waals surface area contributed by atoms with Crippen LogP contribution in [0, 0.1) is 6.92 Å². The molecule has 0 saturated heterocycles. The maximum atomic E-state index is 12.2. The van der Waals surface area contributed by atoms with Crippen LogP contribution in [0.4, 0.5) is 0 Å². The van der Waals surface area contributed by atoms with Gasteiger partial charge in [0.1, 0.15) is 11.4 Å². The van der Waals surface area contributed by atoms with Crippen LogP contribution in [0.5, 0.6) is 5.75 Å². The molecule has 0 atom stereocenters. The molecule has 3 rings (SSSR count). The van der Waals surface area contributed by atoms with E-state index in [0.717, 1.165) is 16.9 Å². The highest BCUT2D eigenvalue weighted by atomic mass is 16.5. The van der Waals surface area contributed by atoms with Crippen molar-refractivity contribution in [2.45, 2.75) is 13.5 Å². The monoisotopic (exact) mass is 295 g/mol. The minimum Gasteiger partial charge on any atom is -0.497 e. The highest BCUT2D eigenvalue weighted by molar-refractivity contribution is 5.94. The lowest BCUT2D eigenvalue weighted by Crippen LogP contribution is -2.22. The molecule has 5 nitrogen and oxygen atoms in total. The quantitative estimate of drug-likeness (QED) is 0.805. The van der Waals surface area contributed by atoms with Gasteiger partial charge in [-0.15, -0.1) is 0 Å². The molecule has 0 radical (unpaired) electrons. The standard InChI is InChI=1S/C17H17N3O2/c1-12-5-4-8-20-11-14(19-16(12)20)10-18-17(21)13-6-3-7-15(9-13)22-2/h3-9,11H,10H2,1-2H3,(H,18,21). The van der Waals surface area contributed by atoms with Crippen molar-refractivity contribution in [1.29, 1.82) is 0 Å². The molecule has 1 aromatic carbocycles. The van der Waals surface area contributed by atoms with Gasteiger partial charge in [-0.05, 0) is 36.8 Å². The van der Waals surface area contributed by atoms with Crippen LogP contribution < -0.4 is 10.1 Å². The summed E-state index contributed by atoms with van der Waals surface area (Å²) in [7, 11) is 1.58. The average molecular weight is 295 g/mol. The number of pyridine rings is 1. The zero-order valence-corrected chi connectivity index (χ0v) is 12.5. The third-order valence-corrected chi connectivity index (χ3v) is 3.49. The Morgan fingerprint density at radius 2 is 2.18 bits per heavy atom. The number of hydrogen-bond donors (Lipinski definition) is 1. The lowest BCUT2D eigenvalue weighted by molar-refractivity contribution is 0.0950. The summed E-state index contributed by atoms with van der Waals surface area (Å²) < 4.78 is 7.09. The lowest BCUT2D eigenvalue weighted by atomic mass is 10.2. The highest BCUT2D eigenvalue weighted by Crippen LogP contribution is 2.13.